The smallest absolute Gasteiger partial charge is 0.137 e. The fourth-order valence-corrected chi connectivity index (χ4v) is 3.33. The van der Waals surface area contributed by atoms with Gasteiger partial charge in [-0.15, -0.1) is 11.3 Å². The standard InChI is InChI=1S/C14H21N3OS/c1-4-14(18,9-17-11-15-10-16-17)8-13(2,3)12-6-5-7-19-12/h5-7,10-11,18H,4,8-9H2,1-3H3. The second kappa shape index (κ2) is 5.43. The highest BCUT2D eigenvalue weighted by Gasteiger charge is 2.35. The predicted octanol–water partition coefficient (Wildman–Crippen LogP) is 2.85. The van der Waals surface area contributed by atoms with Gasteiger partial charge in [0.05, 0.1) is 12.1 Å². The average molecular weight is 279 g/mol. The minimum atomic E-state index is -0.763. The van der Waals surface area contributed by atoms with Crippen molar-refractivity contribution >= 4 is 11.3 Å². The Kier molecular flexibility index (Phi) is 4.06. The van der Waals surface area contributed by atoms with Crippen LogP contribution in [0.25, 0.3) is 0 Å². The van der Waals surface area contributed by atoms with E-state index in [0.717, 1.165) is 0 Å². The highest BCUT2D eigenvalue weighted by Crippen LogP contribution is 2.36. The molecule has 0 fully saturated rings. The maximum atomic E-state index is 10.8. The number of rotatable bonds is 6. The van der Waals surface area contributed by atoms with Crippen molar-refractivity contribution in [3.8, 4) is 0 Å². The van der Waals surface area contributed by atoms with Crippen LogP contribution in [0.5, 0.6) is 0 Å². The Bertz CT molecular complexity index is 493. The summed E-state index contributed by atoms with van der Waals surface area (Å²) < 4.78 is 1.70. The van der Waals surface area contributed by atoms with Gasteiger partial charge < -0.3 is 5.11 Å². The molecule has 2 aromatic heterocycles. The van der Waals surface area contributed by atoms with Crippen LogP contribution in [0.2, 0.25) is 0 Å². The van der Waals surface area contributed by atoms with E-state index in [1.807, 2.05) is 6.92 Å². The summed E-state index contributed by atoms with van der Waals surface area (Å²) in [5.74, 6) is 0. The predicted molar refractivity (Wildman–Crippen MR) is 77.2 cm³/mol. The molecule has 0 aromatic carbocycles. The van der Waals surface area contributed by atoms with Crippen LogP contribution in [0.1, 0.15) is 38.5 Å². The lowest BCUT2D eigenvalue weighted by Gasteiger charge is -2.35. The van der Waals surface area contributed by atoms with E-state index >= 15 is 0 Å². The third-order valence-corrected chi connectivity index (χ3v) is 4.78. The fourth-order valence-electron chi connectivity index (χ4n) is 2.48. The lowest BCUT2D eigenvalue weighted by atomic mass is 9.78. The zero-order valence-electron chi connectivity index (χ0n) is 11.7. The number of hydrogen-bond acceptors (Lipinski definition) is 4. The van der Waals surface area contributed by atoms with Gasteiger partial charge in [-0.2, -0.15) is 5.10 Å². The number of thiophene rings is 1. The highest BCUT2D eigenvalue weighted by molar-refractivity contribution is 7.10. The first-order chi connectivity index (χ1) is 8.95. The first-order valence-corrected chi connectivity index (χ1v) is 7.42. The second-order valence-corrected chi connectivity index (χ2v) is 6.66. The summed E-state index contributed by atoms with van der Waals surface area (Å²) in [5.41, 5.74) is -0.805. The molecule has 2 heterocycles. The lowest BCUT2D eigenvalue weighted by Crippen LogP contribution is -2.39. The fraction of sp³-hybridized carbons (Fsp3) is 0.571. The molecule has 1 atom stereocenters. The van der Waals surface area contributed by atoms with Crippen molar-refractivity contribution in [1.82, 2.24) is 14.8 Å². The molecule has 0 aliphatic carbocycles. The van der Waals surface area contributed by atoms with Crippen LogP contribution in [-0.2, 0) is 12.0 Å². The molecule has 0 amide bonds. The summed E-state index contributed by atoms with van der Waals surface area (Å²) in [5, 5.41) is 17.0. The first kappa shape index (κ1) is 14.2. The zero-order valence-corrected chi connectivity index (χ0v) is 12.5. The Balaban J connectivity index is 2.13. The Morgan fingerprint density at radius 1 is 1.42 bits per heavy atom. The van der Waals surface area contributed by atoms with Gasteiger partial charge in [-0.1, -0.05) is 26.8 Å². The summed E-state index contributed by atoms with van der Waals surface area (Å²) in [6, 6.07) is 4.19. The second-order valence-electron chi connectivity index (χ2n) is 5.71. The van der Waals surface area contributed by atoms with Crippen molar-refractivity contribution in [3.05, 3.63) is 35.0 Å². The molecule has 0 bridgehead atoms. The normalized spacial score (nSPS) is 15.4. The van der Waals surface area contributed by atoms with Gasteiger partial charge in [0.15, 0.2) is 0 Å². The van der Waals surface area contributed by atoms with E-state index in [1.54, 1.807) is 22.3 Å². The molecule has 5 heteroatoms. The Labute approximate surface area is 118 Å². The molecule has 4 nitrogen and oxygen atoms in total. The SMILES string of the molecule is CCC(O)(Cn1cncn1)CC(C)(C)c1cccs1. The number of aliphatic hydroxyl groups is 1. The van der Waals surface area contributed by atoms with Crippen LogP contribution in [0, 0.1) is 0 Å². The van der Waals surface area contributed by atoms with Gasteiger partial charge in [0, 0.05) is 10.3 Å². The van der Waals surface area contributed by atoms with Crippen molar-refractivity contribution in [2.75, 3.05) is 0 Å². The number of aromatic nitrogens is 3. The average Bonchev–Trinajstić information content (AvgIpc) is 3.00. The van der Waals surface area contributed by atoms with Crippen LogP contribution in [0.3, 0.4) is 0 Å². The Morgan fingerprint density at radius 2 is 2.21 bits per heavy atom. The molecule has 1 unspecified atom stereocenters. The van der Waals surface area contributed by atoms with Crippen LogP contribution in [-0.4, -0.2) is 25.5 Å². The van der Waals surface area contributed by atoms with Crippen molar-refractivity contribution in [2.45, 2.75) is 51.2 Å². The maximum Gasteiger partial charge on any atom is 0.137 e. The lowest BCUT2D eigenvalue weighted by molar-refractivity contribution is -0.00901. The molecule has 2 aromatic rings. The van der Waals surface area contributed by atoms with E-state index in [4.69, 9.17) is 0 Å². The van der Waals surface area contributed by atoms with Crippen LogP contribution in [0.4, 0.5) is 0 Å². The van der Waals surface area contributed by atoms with Gasteiger partial charge >= 0.3 is 0 Å². The van der Waals surface area contributed by atoms with E-state index < -0.39 is 5.60 Å². The first-order valence-electron chi connectivity index (χ1n) is 6.54. The minimum absolute atomic E-state index is 0.0422. The summed E-state index contributed by atoms with van der Waals surface area (Å²) >= 11 is 1.74. The van der Waals surface area contributed by atoms with Gasteiger partial charge in [-0.25, -0.2) is 4.98 Å². The van der Waals surface area contributed by atoms with Crippen molar-refractivity contribution in [2.24, 2.45) is 0 Å². The van der Waals surface area contributed by atoms with Gasteiger partial charge in [-0.05, 0) is 24.3 Å². The molecule has 0 aliphatic heterocycles. The van der Waals surface area contributed by atoms with Crippen molar-refractivity contribution < 1.29 is 5.11 Å². The molecule has 0 spiro atoms. The summed E-state index contributed by atoms with van der Waals surface area (Å²) in [7, 11) is 0. The van der Waals surface area contributed by atoms with Gasteiger partial charge in [0.2, 0.25) is 0 Å². The zero-order chi connectivity index (χ0) is 13.9. The van der Waals surface area contributed by atoms with Crippen LogP contribution >= 0.6 is 11.3 Å². The van der Waals surface area contributed by atoms with Gasteiger partial charge in [-0.3, -0.25) is 4.68 Å². The Morgan fingerprint density at radius 3 is 2.74 bits per heavy atom. The molecular formula is C14H21N3OS. The maximum absolute atomic E-state index is 10.8. The summed E-state index contributed by atoms with van der Waals surface area (Å²) in [6.45, 7) is 6.86. The highest BCUT2D eigenvalue weighted by atomic mass is 32.1. The van der Waals surface area contributed by atoms with Gasteiger partial charge in [0.1, 0.15) is 12.7 Å². The molecule has 104 valence electrons. The monoisotopic (exact) mass is 279 g/mol. The van der Waals surface area contributed by atoms with E-state index in [-0.39, 0.29) is 5.41 Å². The topological polar surface area (TPSA) is 50.9 Å². The van der Waals surface area contributed by atoms with E-state index in [0.29, 0.717) is 19.4 Å². The van der Waals surface area contributed by atoms with Crippen LogP contribution < -0.4 is 0 Å². The molecule has 0 radical (unpaired) electrons. The minimum Gasteiger partial charge on any atom is -0.388 e. The number of nitrogens with zero attached hydrogens (tertiary/aromatic N) is 3. The summed E-state index contributed by atoms with van der Waals surface area (Å²) in [6.07, 6.45) is 4.55. The number of hydrogen-bond donors (Lipinski definition) is 1. The van der Waals surface area contributed by atoms with E-state index in [2.05, 4.69) is 41.4 Å². The van der Waals surface area contributed by atoms with Crippen molar-refractivity contribution in [3.63, 3.8) is 0 Å². The molecular weight excluding hydrogens is 258 g/mol. The quantitative estimate of drug-likeness (QED) is 0.884. The van der Waals surface area contributed by atoms with Crippen molar-refractivity contribution in [1.29, 1.82) is 0 Å². The van der Waals surface area contributed by atoms with Gasteiger partial charge in [0.25, 0.3) is 0 Å². The molecule has 0 saturated heterocycles. The third kappa shape index (κ3) is 3.42. The molecule has 0 aliphatic rings. The molecule has 1 N–H and O–H groups in total. The summed E-state index contributed by atoms with van der Waals surface area (Å²) in [4.78, 5) is 5.23. The van der Waals surface area contributed by atoms with E-state index in [1.165, 1.54) is 11.2 Å². The largest absolute Gasteiger partial charge is 0.388 e. The molecule has 2 rings (SSSR count). The van der Waals surface area contributed by atoms with E-state index in [9.17, 15) is 5.11 Å². The third-order valence-electron chi connectivity index (χ3n) is 3.54. The molecule has 0 saturated carbocycles. The van der Waals surface area contributed by atoms with Crippen LogP contribution in [0.15, 0.2) is 30.2 Å². The Hall–Kier alpha value is -1.20. The molecule has 19 heavy (non-hydrogen) atoms.